The molecule has 0 spiro atoms. The Hall–Kier alpha value is -2.76. The molecule has 6 nitrogen and oxygen atoms in total. The summed E-state index contributed by atoms with van der Waals surface area (Å²) in [5.41, 5.74) is 0.787. The minimum absolute atomic E-state index is 0.121. The van der Waals surface area contributed by atoms with Gasteiger partial charge in [-0.05, 0) is 18.2 Å². The number of hydrogen-bond acceptors (Lipinski definition) is 6. The number of esters is 1. The van der Waals surface area contributed by atoms with Gasteiger partial charge in [0.25, 0.3) is 11.7 Å². The van der Waals surface area contributed by atoms with Crippen LogP contribution in [0.4, 0.5) is 5.69 Å². The Balaban J connectivity index is 1.80. The lowest BCUT2D eigenvalue weighted by Gasteiger charge is -2.33. The smallest absolute Gasteiger partial charge is 0.345 e. The first kappa shape index (κ1) is 16.1. The summed E-state index contributed by atoms with van der Waals surface area (Å²) in [6.07, 6.45) is 3.16. The molecule has 0 bridgehead atoms. The summed E-state index contributed by atoms with van der Waals surface area (Å²) in [4.78, 5) is 24.5. The molecule has 0 aromatic heterocycles. The van der Waals surface area contributed by atoms with Crippen molar-refractivity contribution in [1.82, 2.24) is 0 Å². The molecular weight excluding hydrogens is 310 g/mol. The fourth-order valence-electron chi connectivity index (χ4n) is 2.91. The molecule has 6 heteroatoms. The predicted molar refractivity (Wildman–Crippen MR) is 87.0 cm³/mol. The summed E-state index contributed by atoms with van der Waals surface area (Å²) in [7, 11) is 0. The Morgan fingerprint density at radius 3 is 2.54 bits per heavy atom. The summed E-state index contributed by atoms with van der Waals surface area (Å²) in [6, 6.07) is 9.53. The number of aliphatic hydroxyl groups excluding tert-OH is 1. The average Bonchev–Trinajstić information content (AvgIpc) is 2.86. The number of aliphatic hydroxyl groups is 1. The SMILES string of the molecule is CC1(C)OC(=O)C(C2C(=O)C=CC2CNc2ccccc2)=C(O)O1. The molecule has 2 aliphatic rings. The molecule has 0 amide bonds. The highest BCUT2D eigenvalue weighted by Gasteiger charge is 2.45. The van der Waals surface area contributed by atoms with E-state index in [9.17, 15) is 14.7 Å². The lowest BCUT2D eigenvalue weighted by atomic mass is 9.87. The van der Waals surface area contributed by atoms with Crippen molar-refractivity contribution in [2.75, 3.05) is 11.9 Å². The third-order valence-corrected chi connectivity index (χ3v) is 4.00. The normalized spacial score (nSPS) is 25.4. The monoisotopic (exact) mass is 329 g/mol. The predicted octanol–water partition coefficient (Wildman–Crippen LogP) is 2.55. The van der Waals surface area contributed by atoms with Crippen LogP contribution in [-0.4, -0.2) is 29.2 Å². The second-order valence-electron chi connectivity index (χ2n) is 6.26. The number of cyclic esters (lactones) is 1. The van der Waals surface area contributed by atoms with Crippen LogP contribution < -0.4 is 5.32 Å². The molecule has 1 heterocycles. The highest BCUT2D eigenvalue weighted by Crippen LogP contribution is 2.36. The summed E-state index contributed by atoms with van der Waals surface area (Å²) in [5, 5.41) is 13.3. The van der Waals surface area contributed by atoms with Crippen molar-refractivity contribution in [1.29, 1.82) is 0 Å². The van der Waals surface area contributed by atoms with Crippen LogP contribution in [0.5, 0.6) is 0 Å². The molecule has 1 aliphatic carbocycles. The molecule has 24 heavy (non-hydrogen) atoms. The number of rotatable bonds is 4. The lowest BCUT2D eigenvalue weighted by molar-refractivity contribution is -0.223. The molecule has 0 saturated heterocycles. The topological polar surface area (TPSA) is 84.9 Å². The van der Waals surface area contributed by atoms with Gasteiger partial charge in [-0.3, -0.25) is 4.79 Å². The molecule has 2 N–H and O–H groups in total. The Labute approximate surface area is 139 Å². The van der Waals surface area contributed by atoms with E-state index in [-0.39, 0.29) is 17.3 Å². The number of anilines is 1. The quantitative estimate of drug-likeness (QED) is 0.826. The Bertz CT molecular complexity index is 720. The van der Waals surface area contributed by atoms with E-state index in [1.807, 2.05) is 30.3 Å². The molecule has 1 aromatic rings. The van der Waals surface area contributed by atoms with Crippen molar-refractivity contribution in [3.63, 3.8) is 0 Å². The molecular formula is C18H19NO5. The third kappa shape index (κ3) is 3.13. The maximum absolute atomic E-state index is 12.3. The van der Waals surface area contributed by atoms with Crippen molar-refractivity contribution in [3.8, 4) is 0 Å². The molecule has 1 aromatic carbocycles. The van der Waals surface area contributed by atoms with Crippen LogP contribution in [0.1, 0.15) is 13.8 Å². The summed E-state index contributed by atoms with van der Waals surface area (Å²) in [5.74, 6) is -3.87. The summed E-state index contributed by atoms with van der Waals surface area (Å²) < 4.78 is 10.4. The van der Waals surface area contributed by atoms with Gasteiger partial charge in [0, 0.05) is 32.0 Å². The molecule has 0 fully saturated rings. The maximum atomic E-state index is 12.3. The Kier molecular flexibility index (Phi) is 4.05. The number of ether oxygens (including phenoxy) is 2. The first-order valence-electron chi connectivity index (χ1n) is 7.74. The number of hydrogen-bond donors (Lipinski definition) is 2. The van der Waals surface area contributed by atoms with Crippen LogP contribution in [0.2, 0.25) is 0 Å². The first-order valence-corrected chi connectivity index (χ1v) is 7.74. The summed E-state index contributed by atoms with van der Waals surface area (Å²) >= 11 is 0. The second kappa shape index (κ2) is 6.03. The standard InChI is InChI=1S/C18H19NO5/c1-18(2)23-16(21)15(17(22)24-18)14-11(8-9-13(14)20)10-19-12-6-4-3-5-7-12/h3-9,11,14,19,21H,10H2,1-2H3. The van der Waals surface area contributed by atoms with Gasteiger partial charge in [0.1, 0.15) is 5.57 Å². The molecule has 2 unspecified atom stereocenters. The highest BCUT2D eigenvalue weighted by molar-refractivity contribution is 6.04. The minimum atomic E-state index is -1.25. The number of allylic oxidation sites excluding steroid dienone is 1. The van der Waals surface area contributed by atoms with Crippen LogP contribution >= 0.6 is 0 Å². The highest BCUT2D eigenvalue weighted by atomic mass is 16.8. The van der Waals surface area contributed by atoms with Gasteiger partial charge in [-0.15, -0.1) is 0 Å². The van der Waals surface area contributed by atoms with Crippen molar-refractivity contribution in [2.45, 2.75) is 19.6 Å². The van der Waals surface area contributed by atoms with Gasteiger partial charge in [-0.1, -0.05) is 24.3 Å². The van der Waals surface area contributed by atoms with Crippen molar-refractivity contribution in [3.05, 3.63) is 54.0 Å². The first-order chi connectivity index (χ1) is 11.4. The maximum Gasteiger partial charge on any atom is 0.345 e. The van der Waals surface area contributed by atoms with Crippen LogP contribution in [0.25, 0.3) is 0 Å². The number of benzene rings is 1. The largest absolute Gasteiger partial charge is 0.480 e. The summed E-state index contributed by atoms with van der Waals surface area (Å²) in [6.45, 7) is 3.46. The average molecular weight is 329 g/mol. The number of nitrogens with one attached hydrogen (secondary N) is 1. The fraction of sp³-hybridized carbons (Fsp3) is 0.333. The molecule has 126 valence electrons. The Morgan fingerprint density at radius 1 is 1.17 bits per heavy atom. The number of carbonyl (C=O) groups excluding carboxylic acids is 2. The zero-order chi connectivity index (χ0) is 17.3. The molecule has 3 rings (SSSR count). The zero-order valence-corrected chi connectivity index (χ0v) is 13.5. The molecule has 2 atom stereocenters. The van der Waals surface area contributed by atoms with Crippen molar-refractivity contribution < 1.29 is 24.2 Å². The minimum Gasteiger partial charge on any atom is -0.480 e. The van der Waals surface area contributed by atoms with E-state index in [0.29, 0.717) is 6.54 Å². The van der Waals surface area contributed by atoms with E-state index in [1.165, 1.54) is 19.9 Å². The number of para-hydroxylation sites is 1. The van der Waals surface area contributed by atoms with Gasteiger partial charge < -0.3 is 19.9 Å². The zero-order valence-electron chi connectivity index (χ0n) is 13.5. The van der Waals surface area contributed by atoms with Crippen LogP contribution in [0, 0.1) is 11.8 Å². The molecule has 0 radical (unpaired) electrons. The number of ketones is 1. The van der Waals surface area contributed by atoms with Gasteiger partial charge >= 0.3 is 5.97 Å². The van der Waals surface area contributed by atoms with E-state index in [4.69, 9.17) is 9.47 Å². The van der Waals surface area contributed by atoms with Gasteiger partial charge in [-0.25, -0.2) is 4.79 Å². The van der Waals surface area contributed by atoms with E-state index in [1.54, 1.807) is 6.08 Å². The second-order valence-corrected chi connectivity index (χ2v) is 6.26. The van der Waals surface area contributed by atoms with Crippen LogP contribution in [0.15, 0.2) is 54.0 Å². The van der Waals surface area contributed by atoms with E-state index in [0.717, 1.165) is 5.69 Å². The van der Waals surface area contributed by atoms with Gasteiger partial charge in [-0.2, -0.15) is 0 Å². The van der Waals surface area contributed by atoms with Crippen LogP contribution in [-0.2, 0) is 19.1 Å². The van der Waals surface area contributed by atoms with E-state index in [2.05, 4.69) is 5.32 Å². The third-order valence-electron chi connectivity index (χ3n) is 4.00. The van der Waals surface area contributed by atoms with E-state index < -0.39 is 23.6 Å². The fourth-order valence-corrected chi connectivity index (χ4v) is 2.91. The van der Waals surface area contributed by atoms with Crippen molar-refractivity contribution in [2.24, 2.45) is 11.8 Å². The number of carbonyl (C=O) groups is 2. The van der Waals surface area contributed by atoms with Gasteiger partial charge in [0.2, 0.25) is 0 Å². The Morgan fingerprint density at radius 2 is 1.88 bits per heavy atom. The lowest BCUT2D eigenvalue weighted by Crippen LogP contribution is -2.41. The van der Waals surface area contributed by atoms with Gasteiger partial charge in [0.05, 0.1) is 5.92 Å². The van der Waals surface area contributed by atoms with Crippen LogP contribution in [0.3, 0.4) is 0 Å². The molecule has 1 aliphatic heterocycles. The van der Waals surface area contributed by atoms with Gasteiger partial charge in [0.15, 0.2) is 5.78 Å². The molecule has 0 saturated carbocycles. The van der Waals surface area contributed by atoms with Crippen molar-refractivity contribution >= 4 is 17.4 Å². The van der Waals surface area contributed by atoms with E-state index >= 15 is 0 Å².